The molecule has 0 unspecified atom stereocenters. The van der Waals surface area contributed by atoms with Gasteiger partial charge in [-0.05, 0) is 36.8 Å². The number of amides is 1. The summed E-state index contributed by atoms with van der Waals surface area (Å²) in [7, 11) is 0. The van der Waals surface area contributed by atoms with Crippen LogP contribution in [-0.2, 0) is 6.61 Å². The Kier molecular flexibility index (Phi) is 5.11. The van der Waals surface area contributed by atoms with Crippen molar-refractivity contribution in [2.75, 3.05) is 11.9 Å². The molecule has 128 valence electrons. The predicted octanol–water partition coefficient (Wildman–Crippen LogP) is 3.02. The summed E-state index contributed by atoms with van der Waals surface area (Å²) < 4.78 is 7.17. The maximum atomic E-state index is 12.6. The van der Waals surface area contributed by atoms with Crippen LogP contribution in [0, 0.1) is 0 Å². The zero-order valence-corrected chi connectivity index (χ0v) is 13.8. The Morgan fingerprint density at radius 2 is 2.00 bits per heavy atom. The zero-order chi connectivity index (χ0) is 17.6. The normalized spacial score (nSPS) is 10.5. The topological polar surface area (TPSA) is 76.4 Å². The Morgan fingerprint density at radius 1 is 1.20 bits per heavy atom. The van der Waals surface area contributed by atoms with Crippen molar-refractivity contribution in [3.05, 3.63) is 72.1 Å². The van der Waals surface area contributed by atoms with Crippen molar-refractivity contribution in [2.45, 2.75) is 13.5 Å². The van der Waals surface area contributed by atoms with Crippen LogP contribution in [0.15, 0.2) is 60.8 Å². The largest absolute Gasteiger partial charge is 0.490 e. The molecular weight excluding hydrogens is 318 g/mol. The Morgan fingerprint density at radius 3 is 2.72 bits per heavy atom. The molecule has 3 rings (SSSR count). The number of para-hydroxylation sites is 1. The first kappa shape index (κ1) is 16.7. The molecule has 0 radical (unpaired) electrons. The molecule has 2 aromatic carbocycles. The van der Waals surface area contributed by atoms with Crippen LogP contribution < -0.4 is 10.1 Å². The van der Waals surface area contributed by atoms with Gasteiger partial charge in [-0.2, -0.15) is 5.10 Å². The highest BCUT2D eigenvalue weighted by atomic mass is 16.5. The molecule has 2 N–H and O–H groups in total. The van der Waals surface area contributed by atoms with E-state index in [0.717, 1.165) is 11.3 Å². The molecule has 0 saturated heterocycles. The molecule has 0 bridgehead atoms. The second-order valence-corrected chi connectivity index (χ2v) is 5.37. The fourth-order valence-corrected chi connectivity index (χ4v) is 2.43. The molecule has 25 heavy (non-hydrogen) atoms. The Hall–Kier alpha value is -3.12. The van der Waals surface area contributed by atoms with Crippen LogP contribution in [-0.4, -0.2) is 27.4 Å². The highest BCUT2D eigenvalue weighted by molar-refractivity contribution is 6.04. The third kappa shape index (κ3) is 3.87. The summed E-state index contributed by atoms with van der Waals surface area (Å²) in [4.78, 5) is 12.6. The van der Waals surface area contributed by atoms with Gasteiger partial charge in [0.15, 0.2) is 11.4 Å². The summed E-state index contributed by atoms with van der Waals surface area (Å²) in [5.41, 5.74) is 2.36. The van der Waals surface area contributed by atoms with E-state index in [1.165, 1.54) is 0 Å². The smallest absolute Gasteiger partial charge is 0.280 e. The maximum Gasteiger partial charge on any atom is 0.280 e. The van der Waals surface area contributed by atoms with Crippen LogP contribution in [0.5, 0.6) is 5.75 Å². The fraction of sp³-hybridized carbons (Fsp3) is 0.158. The lowest BCUT2D eigenvalue weighted by atomic mass is 10.2. The number of aliphatic hydroxyl groups excluding tert-OH is 1. The number of hydrogen-bond acceptors (Lipinski definition) is 4. The van der Waals surface area contributed by atoms with Crippen LogP contribution >= 0.6 is 0 Å². The predicted molar refractivity (Wildman–Crippen MR) is 95.1 cm³/mol. The summed E-state index contributed by atoms with van der Waals surface area (Å²) in [6.07, 6.45) is 1.69. The monoisotopic (exact) mass is 337 g/mol. The van der Waals surface area contributed by atoms with E-state index in [2.05, 4.69) is 10.4 Å². The summed E-state index contributed by atoms with van der Waals surface area (Å²) in [5.74, 6) is 0.0513. The van der Waals surface area contributed by atoms with Gasteiger partial charge in [0, 0.05) is 5.69 Å². The van der Waals surface area contributed by atoms with Crippen molar-refractivity contribution in [1.29, 1.82) is 0 Å². The molecule has 1 heterocycles. The molecule has 1 amide bonds. The van der Waals surface area contributed by atoms with Gasteiger partial charge >= 0.3 is 0 Å². The van der Waals surface area contributed by atoms with Crippen LogP contribution in [0.1, 0.15) is 23.0 Å². The lowest BCUT2D eigenvalue weighted by Gasteiger charge is -2.06. The number of nitrogens with one attached hydrogen (secondary N) is 1. The molecule has 6 nitrogen and oxygen atoms in total. The minimum absolute atomic E-state index is 0.0868. The van der Waals surface area contributed by atoms with Gasteiger partial charge in [-0.25, -0.2) is 4.68 Å². The number of carbonyl (C=O) groups excluding carboxylic acids is 1. The molecule has 6 heteroatoms. The second-order valence-electron chi connectivity index (χ2n) is 5.37. The number of anilines is 1. The standard InChI is InChI=1S/C19H19N3O3/c1-2-25-17-12-22(16-9-4-3-5-10-16)21-18(17)19(24)20-15-8-6-7-14(11-15)13-23/h3-12,23H,2,13H2,1H3,(H,20,24). The van der Waals surface area contributed by atoms with Crippen LogP contribution in [0.25, 0.3) is 5.69 Å². The van der Waals surface area contributed by atoms with Crippen molar-refractivity contribution >= 4 is 11.6 Å². The molecule has 0 saturated carbocycles. The minimum Gasteiger partial charge on any atom is -0.490 e. The number of benzene rings is 2. The SMILES string of the molecule is CCOc1cn(-c2ccccc2)nc1C(=O)Nc1cccc(CO)c1. The second kappa shape index (κ2) is 7.63. The summed E-state index contributed by atoms with van der Waals surface area (Å²) >= 11 is 0. The third-order valence-corrected chi connectivity index (χ3v) is 3.58. The molecule has 0 fully saturated rings. The van der Waals surface area contributed by atoms with Crippen LogP contribution in [0.2, 0.25) is 0 Å². The van der Waals surface area contributed by atoms with Gasteiger partial charge in [0.1, 0.15) is 0 Å². The molecule has 0 aliphatic rings. The van der Waals surface area contributed by atoms with Gasteiger partial charge in [0.2, 0.25) is 0 Å². The first-order valence-corrected chi connectivity index (χ1v) is 8.00. The first-order valence-electron chi connectivity index (χ1n) is 8.00. The Bertz CT molecular complexity index is 859. The average molecular weight is 337 g/mol. The van der Waals surface area contributed by atoms with Crippen molar-refractivity contribution < 1.29 is 14.6 Å². The molecule has 0 aliphatic carbocycles. The molecule has 0 atom stereocenters. The van der Waals surface area contributed by atoms with Gasteiger partial charge in [0.05, 0.1) is 25.1 Å². The van der Waals surface area contributed by atoms with E-state index in [1.807, 2.05) is 37.3 Å². The number of aromatic nitrogens is 2. The van der Waals surface area contributed by atoms with Gasteiger partial charge in [-0.3, -0.25) is 4.79 Å². The van der Waals surface area contributed by atoms with E-state index in [0.29, 0.717) is 18.0 Å². The van der Waals surface area contributed by atoms with Crippen molar-refractivity contribution in [3.63, 3.8) is 0 Å². The number of carbonyl (C=O) groups is 1. The highest BCUT2D eigenvalue weighted by Gasteiger charge is 2.19. The molecule has 0 spiro atoms. The molecule has 3 aromatic rings. The quantitative estimate of drug-likeness (QED) is 0.725. The maximum absolute atomic E-state index is 12.6. The van der Waals surface area contributed by atoms with E-state index < -0.39 is 0 Å². The fourth-order valence-electron chi connectivity index (χ4n) is 2.43. The number of rotatable bonds is 6. The summed E-state index contributed by atoms with van der Waals surface area (Å²) in [5, 5.41) is 16.4. The van der Waals surface area contributed by atoms with Gasteiger partial charge in [0.25, 0.3) is 5.91 Å². The Labute approximate surface area is 145 Å². The lowest BCUT2D eigenvalue weighted by Crippen LogP contribution is -2.14. The lowest BCUT2D eigenvalue weighted by molar-refractivity contribution is 0.101. The van der Waals surface area contributed by atoms with E-state index in [9.17, 15) is 9.90 Å². The number of nitrogens with zero attached hydrogens (tertiary/aromatic N) is 2. The first-order chi connectivity index (χ1) is 12.2. The molecule has 0 aliphatic heterocycles. The Balaban J connectivity index is 1.89. The van der Waals surface area contributed by atoms with Gasteiger partial charge in [-0.1, -0.05) is 30.3 Å². The van der Waals surface area contributed by atoms with Crippen molar-refractivity contribution in [1.82, 2.24) is 9.78 Å². The number of hydrogen-bond donors (Lipinski definition) is 2. The summed E-state index contributed by atoms with van der Waals surface area (Å²) in [6.45, 7) is 2.20. The van der Waals surface area contributed by atoms with E-state index in [4.69, 9.17) is 4.74 Å². The number of ether oxygens (including phenoxy) is 1. The molecular formula is C19H19N3O3. The van der Waals surface area contributed by atoms with Gasteiger partial charge in [-0.15, -0.1) is 0 Å². The van der Waals surface area contributed by atoms with Crippen LogP contribution in [0.3, 0.4) is 0 Å². The van der Waals surface area contributed by atoms with Gasteiger partial charge < -0.3 is 15.2 Å². The van der Waals surface area contributed by atoms with Crippen LogP contribution in [0.4, 0.5) is 5.69 Å². The van der Waals surface area contributed by atoms with E-state index in [1.54, 1.807) is 35.1 Å². The van der Waals surface area contributed by atoms with E-state index in [-0.39, 0.29) is 18.2 Å². The minimum atomic E-state index is -0.367. The van der Waals surface area contributed by atoms with Crippen molar-refractivity contribution in [2.24, 2.45) is 0 Å². The highest BCUT2D eigenvalue weighted by Crippen LogP contribution is 2.21. The number of aliphatic hydroxyl groups is 1. The van der Waals surface area contributed by atoms with Crippen molar-refractivity contribution in [3.8, 4) is 11.4 Å². The third-order valence-electron chi connectivity index (χ3n) is 3.58. The van der Waals surface area contributed by atoms with E-state index >= 15 is 0 Å². The summed E-state index contributed by atoms with van der Waals surface area (Å²) in [6, 6.07) is 16.5. The average Bonchev–Trinajstić information content (AvgIpc) is 3.07. The molecule has 1 aromatic heterocycles. The zero-order valence-electron chi connectivity index (χ0n) is 13.8.